The number of benzene rings is 2. The molecule has 0 unspecified atom stereocenters. The highest BCUT2D eigenvalue weighted by Crippen LogP contribution is 2.36. The standard InChI is InChI=1S/C23H22ClN5O4/c1-31-19-4-3-5-20(32-2)22(19)33-15-29-12-10-18(26-29)23(30)25-21-11-13-28(27-21)14-16-6-8-17(24)9-7-16/h3-13H,14-15H2,1-2H3,(H,25,27,30). The van der Waals surface area contributed by atoms with E-state index in [1.807, 2.05) is 24.3 Å². The van der Waals surface area contributed by atoms with Crippen LogP contribution in [0.2, 0.25) is 5.02 Å². The molecule has 1 N–H and O–H groups in total. The van der Waals surface area contributed by atoms with Gasteiger partial charge in [-0.1, -0.05) is 29.8 Å². The minimum absolute atomic E-state index is 0.0692. The number of nitrogens with zero attached hydrogens (tertiary/aromatic N) is 4. The third-order valence-electron chi connectivity index (χ3n) is 4.74. The Morgan fingerprint density at radius 3 is 2.33 bits per heavy atom. The average Bonchev–Trinajstić information content (AvgIpc) is 3.48. The van der Waals surface area contributed by atoms with Gasteiger partial charge in [0, 0.05) is 23.5 Å². The molecule has 0 bridgehead atoms. The number of methoxy groups -OCH3 is 2. The normalized spacial score (nSPS) is 10.6. The van der Waals surface area contributed by atoms with Crippen molar-refractivity contribution in [1.82, 2.24) is 19.6 Å². The van der Waals surface area contributed by atoms with E-state index in [1.165, 1.54) is 4.68 Å². The molecule has 0 spiro atoms. The molecule has 4 rings (SSSR count). The van der Waals surface area contributed by atoms with Crippen LogP contribution in [-0.4, -0.2) is 39.7 Å². The Morgan fingerprint density at radius 2 is 1.64 bits per heavy atom. The Labute approximate surface area is 195 Å². The SMILES string of the molecule is COc1cccc(OC)c1OCn1ccc(C(=O)Nc2ccn(Cc3ccc(Cl)cc3)n2)n1. The van der Waals surface area contributed by atoms with Crippen molar-refractivity contribution < 1.29 is 19.0 Å². The Hall–Kier alpha value is -3.98. The van der Waals surface area contributed by atoms with Crippen LogP contribution in [0.5, 0.6) is 17.2 Å². The molecule has 33 heavy (non-hydrogen) atoms. The smallest absolute Gasteiger partial charge is 0.277 e. The summed E-state index contributed by atoms with van der Waals surface area (Å²) < 4.78 is 19.7. The van der Waals surface area contributed by atoms with Gasteiger partial charge in [-0.25, -0.2) is 4.68 Å². The van der Waals surface area contributed by atoms with Crippen LogP contribution in [0.4, 0.5) is 5.82 Å². The molecule has 4 aromatic rings. The van der Waals surface area contributed by atoms with E-state index < -0.39 is 0 Å². The van der Waals surface area contributed by atoms with Crippen molar-refractivity contribution in [2.24, 2.45) is 0 Å². The minimum Gasteiger partial charge on any atom is -0.493 e. The molecule has 170 valence electrons. The molecule has 0 aliphatic rings. The van der Waals surface area contributed by atoms with Gasteiger partial charge < -0.3 is 19.5 Å². The first kappa shape index (κ1) is 22.2. The van der Waals surface area contributed by atoms with Crippen LogP contribution in [0, 0.1) is 0 Å². The van der Waals surface area contributed by atoms with Gasteiger partial charge in [-0.3, -0.25) is 9.48 Å². The Bertz CT molecular complexity index is 1210. The summed E-state index contributed by atoms with van der Waals surface area (Å²) in [6.45, 7) is 0.630. The number of para-hydroxylation sites is 1. The molecule has 0 radical (unpaired) electrons. The van der Waals surface area contributed by atoms with Crippen LogP contribution in [0.3, 0.4) is 0 Å². The lowest BCUT2D eigenvalue weighted by Gasteiger charge is -2.13. The topological polar surface area (TPSA) is 92.4 Å². The first-order valence-corrected chi connectivity index (χ1v) is 10.4. The molecule has 0 saturated heterocycles. The fraction of sp³-hybridized carbons (Fsp3) is 0.174. The molecule has 9 nitrogen and oxygen atoms in total. The first-order valence-electron chi connectivity index (χ1n) is 10.0. The lowest BCUT2D eigenvalue weighted by Crippen LogP contribution is -2.15. The monoisotopic (exact) mass is 467 g/mol. The molecule has 10 heteroatoms. The summed E-state index contributed by atoms with van der Waals surface area (Å²) in [7, 11) is 3.10. The summed E-state index contributed by atoms with van der Waals surface area (Å²) in [5, 5.41) is 12.1. The van der Waals surface area contributed by atoms with Crippen LogP contribution in [-0.2, 0) is 13.3 Å². The summed E-state index contributed by atoms with van der Waals surface area (Å²) >= 11 is 5.92. The van der Waals surface area contributed by atoms with E-state index in [2.05, 4.69) is 15.5 Å². The average molecular weight is 468 g/mol. The van der Waals surface area contributed by atoms with Crippen molar-refractivity contribution in [1.29, 1.82) is 0 Å². The molecular formula is C23H22ClN5O4. The largest absolute Gasteiger partial charge is 0.493 e. The number of carbonyl (C=O) groups is 1. The van der Waals surface area contributed by atoms with Crippen molar-refractivity contribution in [2.45, 2.75) is 13.3 Å². The van der Waals surface area contributed by atoms with Gasteiger partial charge in [0.15, 0.2) is 29.7 Å². The Kier molecular flexibility index (Phi) is 6.80. The van der Waals surface area contributed by atoms with Crippen molar-refractivity contribution in [2.75, 3.05) is 19.5 Å². The maximum atomic E-state index is 12.6. The van der Waals surface area contributed by atoms with Gasteiger partial charge in [0.2, 0.25) is 5.75 Å². The van der Waals surface area contributed by atoms with Gasteiger partial charge in [0.25, 0.3) is 5.91 Å². The number of nitrogens with one attached hydrogen (secondary N) is 1. The minimum atomic E-state index is -0.375. The van der Waals surface area contributed by atoms with E-state index in [0.717, 1.165) is 5.56 Å². The van der Waals surface area contributed by atoms with E-state index in [4.69, 9.17) is 25.8 Å². The number of ether oxygens (including phenoxy) is 3. The Morgan fingerprint density at radius 1 is 0.939 bits per heavy atom. The molecule has 1 amide bonds. The van der Waals surface area contributed by atoms with E-state index >= 15 is 0 Å². The van der Waals surface area contributed by atoms with Crippen LogP contribution < -0.4 is 19.5 Å². The van der Waals surface area contributed by atoms with E-state index in [9.17, 15) is 4.79 Å². The summed E-state index contributed by atoms with van der Waals surface area (Å²) in [6, 6.07) is 16.2. The van der Waals surface area contributed by atoms with Crippen molar-refractivity contribution in [3.05, 3.63) is 83.3 Å². The lowest BCUT2D eigenvalue weighted by molar-refractivity contribution is 0.101. The molecule has 0 aliphatic carbocycles. The second kappa shape index (κ2) is 10.1. The van der Waals surface area contributed by atoms with Crippen molar-refractivity contribution in [3.63, 3.8) is 0 Å². The third-order valence-corrected chi connectivity index (χ3v) is 4.99. The number of hydrogen-bond acceptors (Lipinski definition) is 6. The maximum absolute atomic E-state index is 12.6. The maximum Gasteiger partial charge on any atom is 0.277 e. The van der Waals surface area contributed by atoms with Gasteiger partial charge in [0.05, 0.1) is 20.8 Å². The number of halogens is 1. The highest BCUT2D eigenvalue weighted by atomic mass is 35.5. The van der Waals surface area contributed by atoms with Crippen LogP contribution >= 0.6 is 11.6 Å². The van der Waals surface area contributed by atoms with Gasteiger partial charge >= 0.3 is 0 Å². The van der Waals surface area contributed by atoms with E-state index in [0.29, 0.717) is 34.6 Å². The number of amides is 1. The molecule has 0 fully saturated rings. The summed E-state index contributed by atoms with van der Waals surface area (Å²) in [5.41, 5.74) is 1.28. The second-order valence-corrected chi connectivity index (χ2v) is 7.42. The molecule has 2 heterocycles. The molecule has 0 aliphatic heterocycles. The number of carbonyl (C=O) groups excluding carboxylic acids is 1. The fourth-order valence-corrected chi connectivity index (χ4v) is 3.24. The molecule has 2 aromatic carbocycles. The van der Waals surface area contributed by atoms with E-state index in [1.54, 1.807) is 61.6 Å². The fourth-order valence-electron chi connectivity index (χ4n) is 3.12. The second-order valence-electron chi connectivity index (χ2n) is 6.98. The number of anilines is 1. The predicted molar refractivity (Wildman–Crippen MR) is 123 cm³/mol. The summed E-state index contributed by atoms with van der Waals surface area (Å²) in [6.07, 6.45) is 3.44. The van der Waals surface area contributed by atoms with Crippen LogP contribution in [0.25, 0.3) is 0 Å². The zero-order chi connectivity index (χ0) is 23.2. The third kappa shape index (κ3) is 5.45. The number of rotatable bonds is 9. The zero-order valence-electron chi connectivity index (χ0n) is 18.1. The lowest BCUT2D eigenvalue weighted by atomic mass is 10.2. The number of aromatic nitrogens is 4. The molecule has 2 aromatic heterocycles. The van der Waals surface area contributed by atoms with Gasteiger partial charge in [-0.05, 0) is 35.9 Å². The highest BCUT2D eigenvalue weighted by molar-refractivity contribution is 6.30. The quantitative estimate of drug-likeness (QED) is 0.398. The summed E-state index contributed by atoms with van der Waals surface area (Å²) in [5.74, 6) is 1.58. The molecular weight excluding hydrogens is 446 g/mol. The summed E-state index contributed by atoms with van der Waals surface area (Å²) in [4.78, 5) is 12.6. The van der Waals surface area contributed by atoms with Crippen LogP contribution in [0.15, 0.2) is 67.0 Å². The van der Waals surface area contributed by atoms with Gasteiger partial charge in [-0.15, -0.1) is 0 Å². The van der Waals surface area contributed by atoms with Crippen molar-refractivity contribution >= 4 is 23.3 Å². The van der Waals surface area contributed by atoms with Crippen molar-refractivity contribution in [3.8, 4) is 17.2 Å². The highest BCUT2D eigenvalue weighted by Gasteiger charge is 2.14. The van der Waals surface area contributed by atoms with Crippen LogP contribution in [0.1, 0.15) is 16.1 Å². The molecule has 0 atom stereocenters. The Balaban J connectivity index is 1.36. The van der Waals surface area contributed by atoms with Gasteiger partial charge in [0.1, 0.15) is 0 Å². The number of hydrogen-bond donors (Lipinski definition) is 1. The van der Waals surface area contributed by atoms with E-state index in [-0.39, 0.29) is 18.3 Å². The molecule has 0 saturated carbocycles. The van der Waals surface area contributed by atoms with Gasteiger partial charge in [-0.2, -0.15) is 10.2 Å². The zero-order valence-corrected chi connectivity index (χ0v) is 18.8. The first-order chi connectivity index (χ1) is 16.1. The predicted octanol–water partition coefficient (Wildman–Crippen LogP) is 4.09.